The first-order chi connectivity index (χ1) is 6.12. The second kappa shape index (κ2) is 3.35. The Morgan fingerprint density at radius 2 is 2.00 bits per heavy atom. The summed E-state index contributed by atoms with van der Waals surface area (Å²) in [5.41, 5.74) is 0.0986. The van der Waals surface area contributed by atoms with E-state index in [1.807, 2.05) is 18.2 Å². The number of ether oxygens (including phenoxy) is 1. The zero-order valence-corrected chi connectivity index (χ0v) is 9.93. The molecule has 1 aromatic rings. The molecule has 13 heavy (non-hydrogen) atoms. The van der Waals surface area contributed by atoms with Gasteiger partial charge in [0.1, 0.15) is 5.60 Å². The maximum atomic E-state index is 9.98. The SMILES string of the molecule is OC1(c2ccc(Br)cc2Br)COC1. The zero-order chi connectivity index (χ0) is 9.47. The van der Waals surface area contributed by atoms with Crippen LogP contribution < -0.4 is 0 Å². The van der Waals surface area contributed by atoms with E-state index in [-0.39, 0.29) is 0 Å². The summed E-state index contributed by atoms with van der Waals surface area (Å²) in [7, 11) is 0. The Morgan fingerprint density at radius 3 is 2.46 bits per heavy atom. The van der Waals surface area contributed by atoms with E-state index < -0.39 is 5.60 Å². The molecule has 70 valence electrons. The van der Waals surface area contributed by atoms with Gasteiger partial charge in [-0.25, -0.2) is 0 Å². The number of hydrogen-bond donors (Lipinski definition) is 1. The third-order valence-electron chi connectivity index (χ3n) is 2.11. The lowest BCUT2D eigenvalue weighted by molar-refractivity contribution is -0.185. The van der Waals surface area contributed by atoms with Crippen molar-refractivity contribution in [3.05, 3.63) is 32.7 Å². The quantitative estimate of drug-likeness (QED) is 0.863. The van der Waals surface area contributed by atoms with E-state index >= 15 is 0 Å². The largest absolute Gasteiger partial charge is 0.380 e. The molecule has 0 aromatic heterocycles. The topological polar surface area (TPSA) is 29.5 Å². The van der Waals surface area contributed by atoms with Crippen LogP contribution in [0.5, 0.6) is 0 Å². The molecule has 0 bridgehead atoms. The molecular formula is C9H8Br2O2. The maximum absolute atomic E-state index is 9.98. The zero-order valence-electron chi connectivity index (χ0n) is 6.76. The summed E-state index contributed by atoms with van der Waals surface area (Å²) in [4.78, 5) is 0. The van der Waals surface area contributed by atoms with Crippen molar-refractivity contribution in [1.82, 2.24) is 0 Å². The minimum Gasteiger partial charge on any atom is -0.380 e. The van der Waals surface area contributed by atoms with Gasteiger partial charge in [-0.1, -0.05) is 37.9 Å². The summed E-state index contributed by atoms with van der Waals surface area (Å²) < 4.78 is 6.90. The lowest BCUT2D eigenvalue weighted by atomic mass is 9.92. The summed E-state index contributed by atoms with van der Waals surface area (Å²) in [5.74, 6) is 0. The van der Waals surface area contributed by atoms with E-state index in [2.05, 4.69) is 31.9 Å². The summed E-state index contributed by atoms with van der Waals surface area (Å²) in [5, 5.41) is 9.98. The molecule has 1 saturated heterocycles. The van der Waals surface area contributed by atoms with Crippen LogP contribution >= 0.6 is 31.9 Å². The molecule has 1 N–H and O–H groups in total. The molecule has 1 aromatic carbocycles. The summed E-state index contributed by atoms with van der Waals surface area (Å²) in [6, 6.07) is 5.73. The molecule has 0 spiro atoms. The van der Waals surface area contributed by atoms with Crippen LogP contribution in [0, 0.1) is 0 Å². The molecule has 1 fully saturated rings. The van der Waals surface area contributed by atoms with Gasteiger partial charge in [0.25, 0.3) is 0 Å². The molecular weight excluding hydrogens is 300 g/mol. The van der Waals surface area contributed by atoms with Crippen molar-refractivity contribution < 1.29 is 9.84 Å². The number of hydrogen-bond acceptors (Lipinski definition) is 2. The molecule has 0 atom stereocenters. The van der Waals surface area contributed by atoms with E-state index in [0.717, 1.165) is 14.5 Å². The molecule has 0 radical (unpaired) electrons. The van der Waals surface area contributed by atoms with Crippen LogP contribution in [0.15, 0.2) is 27.1 Å². The summed E-state index contributed by atoms with van der Waals surface area (Å²) >= 11 is 6.77. The monoisotopic (exact) mass is 306 g/mol. The average Bonchev–Trinajstić information content (AvgIpc) is 2.00. The van der Waals surface area contributed by atoms with Gasteiger partial charge in [0, 0.05) is 14.5 Å². The molecule has 1 heterocycles. The van der Waals surface area contributed by atoms with E-state index in [0.29, 0.717) is 13.2 Å². The average molecular weight is 308 g/mol. The Hall–Kier alpha value is 0.1000. The van der Waals surface area contributed by atoms with Crippen molar-refractivity contribution in [2.45, 2.75) is 5.60 Å². The van der Waals surface area contributed by atoms with Crippen molar-refractivity contribution in [3.8, 4) is 0 Å². The third kappa shape index (κ3) is 1.68. The highest BCUT2D eigenvalue weighted by molar-refractivity contribution is 9.11. The first-order valence-corrected chi connectivity index (χ1v) is 5.46. The summed E-state index contributed by atoms with van der Waals surface area (Å²) in [6.07, 6.45) is 0. The lowest BCUT2D eigenvalue weighted by Crippen LogP contribution is -2.46. The highest BCUT2D eigenvalue weighted by Crippen LogP contribution is 2.35. The maximum Gasteiger partial charge on any atom is 0.137 e. The van der Waals surface area contributed by atoms with Crippen molar-refractivity contribution in [2.75, 3.05) is 13.2 Å². The van der Waals surface area contributed by atoms with Crippen LogP contribution in [-0.4, -0.2) is 18.3 Å². The molecule has 2 rings (SSSR count). The van der Waals surface area contributed by atoms with E-state index in [1.165, 1.54) is 0 Å². The van der Waals surface area contributed by atoms with E-state index in [4.69, 9.17) is 4.74 Å². The van der Waals surface area contributed by atoms with E-state index in [1.54, 1.807) is 0 Å². The fraction of sp³-hybridized carbons (Fsp3) is 0.333. The Balaban J connectivity index is 2.40. The molecule has 0 saturated carbocycles. The summed E-state index contributed by atoms with van der Waals surface area (Å²) in [6.45, 7) is 0.764. The van der Waals surface area contributed by atoms with Crippen molar-refractivity contribution >= 4 is 31.9 Å². The van der Waals surface area contributed by atoms with Gasteiger partial charge in [-0.05, 0) is 12.1 Å². The second-order valence-corrected chi connectivity index (χ2v) is 4.92. The van der Waals surface area contributed by atoms with Crippen molar-refractivity contribution in [2.24, 2.45) is 0 Å². The first kappa shape index (κ1) is 9.65. The van der Waals surface area contributed by atoms with Crippen LogP contribution in [0.4, 0.5) is 0 Å². The smallest absolute Gasteiger partial charge is 0.137 e. The Kier molecular flexibility index (Phi) is 2.49. The van der Waals surface area contributed by atoms with Crippen LogP contribution in [0.1, 0.15) is 5.56 Å². The van der Waals surface area contributed by atoms with Crippen LogP contribution in [0.2, 0.25) is 0 Å². The van der Waals surface area contributed by atoms with Crippen molar-refractivity contribution in [3.63, 3.8) is 0 Å². The molecule has 0 amide bonds. The molecule has 2 nitrogen and oxygen atoms in total. The van der Waals surface area contributed by atoms with Gasteiger partial charge in [-0.3, -0.25) is 0 Å². The lowest BCUT2D eigenvalue weighted by Gasteiger charge is -2.37. The highest BCUT2D eigenvalue weighted by atomic mass is 79.9. The van der Waals surface area contributed by atoms with Crippen molar-refractivity contribution in [1.29, 1.82) is 0 Å². The molecule has 1 aliphatic heterocycles. The van der Waals surface area contributed by atoms with Gasteiger partial charge in [-0.2, -0.15) is 0 Å². The normalized spacial score (nSPS) is 19.6. The fourth-order valence-electron chi connectivity index (χ4n) is 1.32. The Bertz CT molecular complexity index is 334. The van der Waals surface area contributed by atoms with Gasteiger partial charge in [0.15, 0.2) is 0 Å². The van der Waals surface area contributed by atoms with Gasteiger partial charge in [0.05, 0.1) is 13.2 Å². The first-order valence-electron chi connectivity index (χ1n) is 3.87. The fourth-order valence-corrected chi connectivity index (χ4v) is 2.73. The number of aliphatic hydroxyl groups is 1. The minimum atomic E-state index is -0.792. The molecule has 4 heteroatoms. The number of benzene rings is 1. The van der Waals surface area contributed by atoms with Gasteiger partial charge in [-0.15, -0.1) is 0 Å². The highest BCUT2D eigenvalue weighted by Gasteiger charge is 2.39. The van der Waals surface area contributed by atoms with Crippen LogP contribution in [0.25, 0.3) is 0 Å². The Morgan fingerprint density at radius 1 is 1.31 bits per heavy atom. The van der Waals surface area contributed by atoms with E-state index in [9.17, 15) is 5.11 Å². The third-order valence-corrected chi connectivity index (χ3v) is 3.26. The predicted molar refractivity (Wildman–Crippen MR) is 56.6 cm³/mol. The molecule has 0 unspecified atom stereocenters. The van der Waals surface area contributed by atoms with Gasteiger partial charge in [0.2, 0.25) is 0 Å². The van der Waals surface area contributed by atoms with Gasteiger partial charge >= 0.3 is 0 Å². The number of rotatable bonds is 1. The molecule has 1 aliphatic rings. The van der Waals surface area contributed by atoms with Crippen LogP contribution in [0.3, 0.4) is 0 Å². The second-order valence-electron chi connectivity index (χ2n) is 3.15. The Labute approximate surface area is 93.2 Å². The minimum absolute atomic E-state index is 0.382. The molecule has 0 aliphatic carbocycles. The number of halogens is 2. The van der Waals surface area contributed by atoms with Crippen LogP contribution in [-0.2, 0) is 10.3 Å². The predicted octanol–water partition coefficient (Wildman–Crippen LogP) is 2.43. The van der Waals surface area contributed by atoms with Gasteiger partial charge < -0.3 is 9.84 Å². The standard InChI is InChI=1S/C9H8Br2O2/c10-6-1-2-7(8(11)3-6)9(12)4-13-5-9/h1-3,12H,4-5H2.